The average molecular weight is 216 g/mol. The second kappa shape index (κ2) is 4.02. The second-order valence-electron chi connectivity index (χ2n) is 2.66. The normalized spacial score (nSPS) is 11.4. The smallest absolute Gasteiger partial charge is 0.356 e. The third kappa shape index (κ3) is 2.08. The van der Waals surface area contributed by atoms with Crippen LogP contribution >= 0.6 is 7.60 Å². The zero-order valence-electron chi connectivity index (χ0n) is 7.12. The van der Waals surface area contributed by atoms with Crippen LogP contribution in [0.3, 0.4) is 0 Å². The van der Waals surface area contributed by atoms with Crippen molar-refractivity contribution in [3.8, 4) is 0 Å². The van der Waals surface area contributed by atoms with Crippen molar-refractivity contribution >= 4 is 19.2 Å². The number of hydrogen-bond acceptors (Lipinski definition) is 3. The molecule has 0 saturated carbocycles. The summed E-state index contributed by atoms with van der Waals surface area (Å²) in [4.78, 5) is 28.3. The lowest BCUT2D eigenvalue weighted by molar-refractivity contribution is 0.112. The molecule has 6 heteroatoms. The van der Waals surface area contributed by atoms with Crippen molar-refractivity contribution in [2.45, 2.75) is 6.61 Å². The standard InChI is InChI=1S/C8H9O5P/c9-4-6-2-1-3-8(7(6)5-10)14(11,12)13/h1-4,10H,5H2,(H2,11,12,13). The van der Waals surface area contributed by atoms with E-state index in [4.69, 9.17) is 14.9 Å². The van der Waals surface area contributed by atoms with Gasteiger partial charge in [-0.3, -0.25) is 9.36 Å². The van der Waals surface area contributed by atoms with Crippen molar-refractivity contribution in [1.29, 1.82) is 0 Å². The Balaban J connectivity index is 3.44. The molecule has 0 aromatic heterocycles. The Kier molecular flexibility index (Phi) is 3.18. The van der Waals surface area contributed by atoms with Crippen molar-refractivity contribution in [3.05, 3.63) is 29.3 Å². The Morgan fingerprint density at radius 1 is 1.36 bits per heavy atom. The van der Waals surface area contributed by atoms with Gasteiger partial charge in [0.1, 0.15) is 6.29 Å². The average Bonchev–Trinajstić information content (AvgIpc) is 2.15. The van der Waals surface area contributed by atoms with Crippen LogP contribution in [0.1, 0.15) is 15.9 Å². The highest BCUT2D eigenvalue weighted by atomic mass is 31.2. The first-order valence-corrected chi connectivity index (χ1v) is 5.36. The number of benzene rings is 1. The fraction of sp³-hybridized carbons (Fsp3) is 0.125. The SMILES string of the molecule is O=Cc1cccc(P(=O)(O)O)c1CO. The van der Waals surface area contributed by atoms with E-state index >= 15 is 0 Å². The number of aliphatic hydroxyl groups is 1. The summed E-state index contributed by atoms with van der Waals surface area (Å²) in [6.07, 6.45) is 0.449. The van der Waals surface area contributed by atoms with Gasteiger partial charge < -0.3 is 14.9 Å². The highest BCUT2D eigenvalue weighted by molar-refractivity contribution is 7.60. The fourth-order valence-corrected chi connectivity index (χ4v) is 1.98. The predicted octanol–water partition coefficient (Wildman–Crippen LogP) is -0.206. The summed E-state index contributed by atoms with van der Waals surface area (Å²) in [6.45, 7) is -0.574. The summed E-state index contributed by atoms with van der Waals surface area (Å²) in [7, 11) is -4.43. The molecule has 1 aromatic rings. The van der Waals surface area contributed by atoms with E-state index in [9.17, 15) is 9.36 Å². The second-order valence-corrected chi connectivity index (χ2v) is 4.23. The Labute approximate surface area is 80.2 Å². The van der Waals surface area contributed by atoms with Gasteiger partial charge in [-0.1, -0.05) is 12.1 Å². The van der Waals surface area contributed by atoms with Gasteiger partial charge >= 0.3 is 7.60 Å². The first-order valence-electron chi connectivity index (χ1n) is 3.74. The van der Waals surface area contributed by atoms with Crippen LogP contribution in [0.15, 0.2) is 18.2 Å². The van der Waals surface area contributed by atoms with Gasteiger partial charge in [-0.15, -0.1) is 0 Å². The van der Waals surface area contributed by atoms with E-state index in [1.807, 2.05) is 0 Å². The van der Waals surface area contributed by atoms with Crippen LogP contribution in [0.5, 0.6) is 0 Å². The molecule has 3 N–H and O–H groups in total. The van der Waals surface area contributed by atoms with Crippen LogP contribution in [-0.2, 0) is 11.2 Å². The van der Waals surface area contributed by atoms with Gasteiger partial charge in [0, 0.05) is 11.1 Å². The molecule has 0 unspecified atom stereocenters. The molecule has 0 radical (unpaired) electrons. The minimum atomic E-state index is -4.43. The summed E-state index contributed by atoms with van der Waals surface area (Å²) in [5.41, 5.74) is 0.0733. The van der Waals surface area contributed by atoms with E-state index in [2.05, 4.69) is 0 Å². The van der Waals surface area contributed by atoms with Crippen molar-refractivity contribution in [2.24, 2.45) is 0 Å². The summed E-state index contributed by atoms with van der Waals surface area (Å²) >= 11 is 0. The van der Waals surface area contributed by atoms with Crippen LogP contribution in [0, 0.1) is 0 Å². The predicted molar refractivity (Wildman–Crippen MR) is 49.4 cm³/mol. The number of carbonyl (C=O) groups is 1. The van der Waals surface area contributed by atoms with Gasteiger partial charge in [0.2, 0.25) is 0 Å². The largest absolute Gasteiger partial charge is 0.392 e. The molecule has 0 amide bonds. The van der Waals surface area contributed by atoms with Crippen molar-refractivity contribution in [2.75, 3.05) is 0 Å². The molecule has 1 aromatic carbocycles. The molecule has 1 rings (SSSR count). The van der Waals surface area contributed by atoms with Crippen molar-refractivity contribution < 1.29 is 24.3 Å². The molecule has 76 valence electrons. The minimum Gasteiger partial charge on any atom is -0.392 e. The van der Waals surface area contributed by atoms with Gasteiger partial charge in [0.05, 0.1) is 11.9 Å². The lowest BCUT2D eigenvalue weighted by atomic mass is 10.1. The van der Waals surface area contributed by atoms with E-state index < -0.39 is 14.2 Å². The number of hydrogen-bond donors (Lipinski definition) is 3. The molecule has 0 aliphatic carbocycles. The molecular formula is C8H9O5P. The molecule has 0 aliphatic rings. The summed E-state index contributed by atoms with van der Waals surface area (Å²) in [5, 5.41) is 8.59. The van der Waals surface area contributed by atoms with E-state index in [0.29, 0.717) is 6.29 Å². The minimum absolute atomic E-state index is 0.0177. The third-order valence-corrected chi connectivity index (χ3v) is 2.83. The van der Waals surface area contributed by atoms with Crippen molar-refractivity contribution in [3.63, 3.8) is 0 Å². The highest BCUT2D eigenvalue weighted by Gasteiger charge is 2.22. The maximum absolute atomic E-state index is 10.9. The van der Waals surface area contributed by atoms with E-state index in [1.54, 1.807) is 0 Å². The molecule has 0 aliphatic heterocycles. The van der Waals surface area contributed by atoms with E-state index in [1.165, 1.54) is 18.2 Å². The van der Waals surface area contributed by atoms with Crippen LogP contribution < -0.4 is 5.30 Å². The zero-order valence-corrected chi connectivity index (χ0v) is 8.02. The maximum atomic E-state index is 10.9. The van der Waals surface area contributed by atoms with Gasteiger partial charge in [0.25, 0.3) is 0 Å². The molecule has 0 heterocycles. The highest BCUT2D eigenvalue weighted by Crippen LogP contribution is 2.35. The lowest BCUT2D eigenvalue weighted by Gasteiger charge is -2.10. The van der Waals surface area contributed by atoms with Crippen molar-refractivity contribution in [1.82, 2.24) is 0 Å². The number of carbonyl (C=O) groups excluding carboxylic acids is 1. The lowest BCUT2D eigenvalue weighted by Crippen LogP contribution is -2.13. The first-order chi connectivity index (χ1) is 6.50. The zero-order chi connectivity index (χ0) is 10.8. The summed E-state index contributed by atoms with van der Waals surface area (Å²) in [6, 6.07) is 3.94. The topological polar surface area (TPSA) is 94.8 Å². The molecule has 0 atom stereocenters. The van der Waals surface area contributed by atoms with Crippen LogP contribution in [0.25, 0.3) is 0 Å². The first kappa shape index (κ1) is 11.1. The molecule has 0 bridgehead atoms. The van der Waals surface area contributed by atoms with Gasteiger partial charge in [-0.05, 0) is 6.07 Å². The number of aldehydes is 1. The quantitative estimate of drug-likeness (QED) is 0.480. The molecule has 5 nitrogen and oxygen atoms in total. The Hall–Kier alpha value is -1.00. The van der Waals surface area contributed by atoms with Gasteiger partial charge in [-0.25, -0.2) is 0 Å². The molecule has 0 spiro atoms. The Morgan fingerprint density at radius 2 is 2.00 bits per heavy atom. The fourth-order valence-electron chi connectivity index (χ4n) is 1.15. The molecule has 0 saturated heterocycles. The monoisotopic (exact) mass is 216 g/mol. The molecule has 14 heavy (non-hydrogen) atoms. The molecule has 0 fully saturated rings. The number of rotatable bonds is 3. The van der Waals surface area contributed by atoms with Crippen LogP contribution in [-0.4, -0.2) is 21.2 Å². The van der Waals surface area contributed by atoms with Gasteiger partial charge in [-0.2, -0.15) is 0 Å². The van der Waals surface area contributed by atoms with Gasteiger partial charge in [0.15, 0.2) is 0 Å². The number of aliphatic hydroxyl groups excluding tert-OH is 1. The van der Waals surface area contributed by atoms with Crippen LogP contribution in [0.2, 0.25) is 0 Å². The summed E-state index contributed by atoms with van der Waals surface area (Å²) < 4.78 is 10.9. The third-order valence-electron chi connectivity index (χ3n) is 1.79. The Bertz CT molecular complexity index is 395. The van der Waals surface area contributed by atoms with E-state index in [-0.39, 0.29) is 16.4 Å². The maximum Gasteiger partial charge on any atom is 0.356 e. The van der Waals surface area contributed by atoms with Crippen LogP contribution in [0.4, 0.5) is 0 Å². The molecular weight excluding hydrogens is 207 g/mol. The van der Waals surface area contributed by atoms with E-state index in [0.717, 1.165) is 0 Å². The Morgan fingerprint density at radius 3 is 2.43 bits per heavy atom. The summed E-state index contributed by atoms with van der Waals surface area (Å²) in [5.74, 6) is 0.